The largest absolute Gasteiger partial charge is 1.00 e. The van der Waals surface area contributed by atoms with Gasteiger partial charge >= 0.3 is 11.9 Å². The van der Waals surface area contributed by atoms with Crippen molar-refractivity contribution in [2.24, 2.45) is 5.92 Å². The number of hydrogen-bond acceptors (Lipinski definition) is 5. The minimum absolute atomic E-state index is 0. The number of carbonyl (C=O) groups excluding carboxylic acids is 2. The van der Waals surface area contributed by atoms with Crippen molar-refractivity contribution in [3.8, 4) is 0 Å². The minimum Gasteiger partial charge on any atom is -1.00 e. The maximum absolute atomic E-state index is 13.5. The normalized spacial score (nSPS) is 23.6. The van der Waals surface area contributed by atoms with Crippen LogP contribution in [-0.4, -0.2) is 60.4 Å². The summed E-state index contributed by atoms with van der Waals surface area (Å²) in [6, 6.07) is 17.9. The van der Waals surface area contributed by atoms with Crippen LogP contribution in [0, 0.1) is 5.92 Å². The van der Waals surface area contributed by atoms with E-state index in [1.54, 1.807) is 48.5 Å². The van der Waals surface area contributed by atoms with E-state index < -0.39 is 11.6 Å². The van der Waals surface area contributed by atoms with Gasteiger partial charge in [-0.25, -0.2) is 9.59 Å². The van der Waals surface area contributed by atoms with E-state index in [1.807, 2.05) is 12.1 Å². The van der Waals surface area contributed by atoms with E-state index in [2.05, 4.69) is 6.92 Å². The summed E-state index contributed by atoms with van der Waals surface area (Å²) in [7, 11) is 0. The van der Waals surface area contributed by atoms with Crippen LogP contribution in [0.4, 0.5) is 0 Å². The van der Waals surface area contributed by atoms with E-state index in [0.717, 1.165) is 38.8 Å². The average Bonchev–Trinajstić information content (AvgIpc) is 2.85. The van der Waals surface area contributed by atoms with Crippen LogP contribution in [0.15, 0.2) is 60.7 Å². The Hall–Kier alpha value is -2.22. The predicted octanol–water partition coefficient (Wildman–Crippen LogP) is 0.422. The Morgan fingerprint density at radius 2 is 1.56 bits per heavy atom. The zero-order chi connectivity index (χ0) is 23.3. The molecule has 1 atom stereocenters. The first kappa shape index (κ1) is 26.4. The molecule has 0 aliphatic carbocycles. The number of esters is 2. The van der Waals surface area contributed by atoms with E-state index in [0.29, 0.717) is 35.3 Å². The molecule has 0 amide bonds. The van der Waals surface area contributed by atoms with E-state index in [-0.39, 0.29) is 35.0 Å². The van der Waals surface area contributed by atoms with Gasteiger partial charge in [0, 0.05) is 18.8 Å². The molecular weight excluding hydrogens is 498 g/mol. The molecule has 1 N–H and O–H groups in total. The summed E-state index contributed by atoms with van der Waals surface area (Å²) in [6.45, 7) is 5.20. The van der Waals surface area contributed by atoms with Gasteiger partial charge in [-0.3, -0.25) is 0 Å². The fraction of sp³-hybridized carbons (Fsp3) is 0.481. The summed E-state index contributed by atoms with van der Waals surface area (Å²) in [4.78, 5) is 26.0. The molecule has 184 valence electrons. The quantitative estimate of drug-likeness (QED) is 0.288. The molecule has 7 heteroatoms. The van der Waals surface area contributed by atoms with Crippen molar-refractivity contribution in [2.45, 2.75) is 44.3 Å². The second-order valence-electron chi connectivity index (χ2n) is 9.43. The summed E-state index contributed by atoms with van der Waals surface area (Å²) >= 11 is 0. The molecule has 0 aromatic heterocycles. The van der Waals surface area contributed by atoms with Gasteiger partial charge in [0.1, 0.15) is 6.54 Å². The number of nitrogens with zero attached hydrogens (tertiary/aromatic N) is 1. The predicted molar refractivity (Wildman–Crippen MR) is 124 cm³/mol. The highest BCUT2D eigenvalue weighted by Crippen LogP contribution is 2.38. The van der Waals surface area contributed by atoms with Crippen LogP contribution in [0.2, 0.25) is 0 Å². The summed E-state index contributed by atoms with van der Waals surface area (Å²) in [5.41, 5.74) is -0.935. The number of ether oxygens (including phenoxy) is 2. The standard InChI is InChI=1S/C27H34NO5.BrH/c1-2-3-18-32-25(29)20-28-16-14-21(15-17-28)24(19-28)33-26(30)27(31,22-10-6-4-7-11-22)23-12-8-5-9-13-23;/h4-13,21,24,31H,2-3,14-20H2,1H3;1H/q+1;/p-1. The fourth-order valence-corrected chi connectivity index (χ4v) is 5.21. The van der Waals surface area contributed by atoms with Crippen molar-refractivity contribution in [3.05, 3.63) is 71.8 Å². The number of carbonyl (C=O) groups is 2. The highest BCUT2D eigenvalue weighted by molar-refractivity contribution is 5.85. The highest BCUT2D eigenvalue weighted by atomic mass is 79.9. The Balaban J connectivity index is 0.00000324. The molecule has 3 fully saturated rings. The zero-order valence-electron chi connectivity index (χ0n) is 19.7. The van der Waals surface area contributed by atoms with Gasteiger partial charge in [-0.1, -0.05) is 74.0 Å². The molecule has 3 aliphatic rings. The maximum Gasteiger partial charge on any atom is 0.361 e. The Bertz CT molecular complexity index is 905. The molecule has 34 heavy (non-hydrogen) atoms. The molecule has 2 aromatic rings. The summed E-state index contributed by atoms with van der Waals surface area (Å²) in [6.07, 6.45) is 3.32. The first-order valence-electron chi connectivity index (χ1n) is 12.0. The van der Waals surface area contributed by atoms with Gasteiger partial charge in [0.05, 0.1) is 19.7 Å². The van der Waals surface area contributed by atoms with Crippen LogP contribution in [0.5, 0.6) is 0 Å². The third-order valence-electron chi connectivity index (χ3n) is 7.20. The summed E-state index contributed by atoms with van der Waals surface area (Å²) in [5.74, 6) is -0.595. The van der Waals surface area contributed by atoms with Gasteiger partial charge in [-0.05, 0) is 17.5 Å². The number of aliphatic hydroxyl groups is 1. The molecule has 2 bridgehead atoms. The summed E-state index contributed by atoms with van der Waals surface area (Å²) in [5, 5.41) is 11.7. The van der Waals surface area contributed by atoms with Gasteiger partial charge in [0.25, 0.3) is 0 Å². The molecule has 0 saturated carbocycles. The van der Waals surface area contributed by atoms with Crippen LogP contribution in [-0.2, 0) is 24.7 Å². The Morgan fingerprint density at radius 3 is 2.09 bits per heavy atom. The molecule has 5 rings (SSSR count). The third-order valence-corrected chi connectivity index (χ3v) is 7.20. The van der Waals surface area contributed by atoms with Crippen LogP contribution < -0.4 is 17.0 Å². The van der Waals surface area contributed by atoms with Crippen LogP contribution >= 0.6 is 0 Å². The number of hydrogen-bond donors (Lipinski definition) is 1. The average molecular weight is 532 g/mol. The minimum atomic E-state index is -1.89. The first-order chi connectivity index (χ1) is 16.0. The molecule has 0 radical (unpaired) electrons. The SMILES string of the molecule is CCCCOC(=O)C[N+]12CCC(CC1)C(OC(=O)C(O)(c1ccccc1)c1ccccc1)C2.[Br-]. The van der Waals surface area contributed by atoms with Crippen LogP contribution in [0.25, 0.3) is 0 Å². The topological polar surface area (TPSA) is 72.8 Å². The van der Waals surface area contributed by atoms with Gasteiger partial charge in [-0.15, -0.1) is 0 Å². The molecule has 0 spiro atoms. The Kier molecular flexibility index (Phi) is 8.90. The van der Waals surface area contributed by atoms with Gasteiger partial charge in [0.2, 0.25) is 5.60 Å². The van der Waals surface area contributed by atoms with Crippen molar-refractivity contribution in [3.63, 3.8) is 0 Å². The zero-order valence-corrected chi connectivity index (χ0v) is 21.3. The van der Waals surface area contributed by atoms with Gasteiger partial charge < -0.3 is 36.0 Å². The molecule has 1 unspecified atom stereocenters. The third kappa shape index (κ3) is 5.53. The number of piperidine rings is 3. The lowest BCUT2D eigenvalue weighted by atomic mass is 9.82. The monoisotopic (exact) mass is 531 g/mol. The lowest BCUT2D eigenvalue weighted by Gasteiger charge is -2.51. The van der Waals surface area contributed by atoms with Crippen molar-refractivity contribution in [1.82, 2.24) is 0 Å². The second kappa shape index (κ2) is 11.5. The van der Waals surface area contributed by atoms with Crippen molar-refractivity contribution >= 4 is 11.9 Å². The van der Waals surface area contributed by atoms with E-state index >= 15 is 0 Å². The smallest absolute Gasteiger partial charge is 0.361 e. The van der Waals surface area contributed by atoms with Crippen molar-refractivity contribution < 1.29 is 45.6 Å². The molecule has 6 nitrogen and oxygen atoms in total. The van der Waals surface area contributed by atoms with Crippen molar-refractivity contribution in [2.75, 3.05) is 32.8 Å². The van der Waals surface area contributed by atoms with E-state index in [9.17, 15) is 14.7 Å². The lowest BCUT2D eigenvalue weighted by molar-refractivity contribution is -0.939. The fourth-order valence-electron chi connectivity index (χ4n) is 5.21. The first-order valence-corrected chi connectivity index (χ1v) is 12.0. The number of rotatable bonds is 9. The van der Waals surface area contributed by atoms with E-state index in [4.69, 9.17) is 9.47 Å². The molecule has 3 aliphatic heterocycles. The number of benzene rings is 2. The van der Waals surface area contributed by atoms with Crippen LogP contribution in [0.3, 0.4) is 0 Å². The maximum atomic E-state index is 13.5. The molecular formula is C27H34BrNO5. The van der Waals surface area contributed by atoms with E-state index in [1.165, 1.54) is 0 Å². The second-order valence-corrected chi connectivity index (χ2v) is 9.43. The lowest BCUT2D eigenvalue weighted by Crippen LogP contribution is -3.00. The van der Waals surface area contributed by atoms with Crippen molar-refractivity contribution in [1.29, 1.82) is 0 Å². The van der Waals surface area contributed by atoms with Gasteiger partial charge in [0.15, 0.2) is 12.6 Å². The molecule has 3 heterocycles. The summed E-state index contributed by atoms with van der Waals surface area (Å²) < 4.78 is 12.1. The number of halogens is 1. The molecule has 2 aromatic carbocycles. The van der Waals surface area contributed by atoms with Gasteiger partial charge in [-0.2, -0.15) is 0 Å². The highest BCUT2D eigenvalue weighted by Gasteiger charge is 2.51. The number of quaternary nitrogens is 1. The van der Waals surface area contributed by atoms with Crippen LogP contribution in [0.1, 0.15) is 43.7 Å². The number of fused-ring (bicyclic) bond motifs is 3. The Labute approximate surface area is 212 Å². The molecule has 3 saturated heterocycles. The number of unbranched alkanes of at least 4 members (excludes halogenated alkanes) is 1. The Morgan fingerprint density at radius 1 is 1.00 bits per heavy atom.